The summed E-state index contributed by atoms with van der Waals surface area (Å²) in [6.45, 7) is 7.01. The van der Waals surface area contributed by atoms with E-state index in [0.29, 0.717) is 0 Å². The molecule has 32 heavy (non-hydrogen) atoms. The van der Waals surface area contributed by atoms with E-state index in [1.165, 1.54) is 120 Å². The molecule has 1 rings (SSSR count). The van der Waals surface area contributed by atoms with Crippen molar-refractivity contribution in [2.75, 3.05) is 0 Å². The molecule has 0 radical (unpaired) electrons. The van der Waals surface area contributed by atoms with E-state index in [2.05, 4.69) is 51.1 Å². The normalized spacial score (nSPS) is 11.8. The van der Waals surface area contributed by atoms with Gasteiger partial charge in [0.15, 0.2) is 0 Å². The summed E-state index contributed by atoms with van der Waals surface area (Å²) >= 11 is -2.16. The Balaban J connectivity index is 2.70. The van der Waals surface area contributed by atoms with Crippen LogP contribution in [0.1, 0.15) is 142 Å². The molecule has 0 nitrogen and oxygen atoms in total. The van der Waals surface area contributed by atoms with E-state index in [-0.39, 0.29) is 0 Å². The Morgan fingerprint density at radius 2 is 0.781 bits per heavy atom. The third-order valence-electron chi connectivity index (χ3n) is 7.60. The van der Waals surface area contributed by atoms with Crippen molar-refractivity contribution in [3.05, 3.63) is 35.9 Å². The Morgan fingerprint density at radius 1 is 0.438 bits per heavy atom. The first kappa shape index (κ1) is 30.0. The molecular formula is C31H58Sn. The van der Waals surface area contributed by atoms with Gasteiger partial charge in [0.25, 0.3) is 0 Å². The van der Waals surface area contributed by atoms with Crippen LogP contribution < -0.4 is 0 Å². The van der Waals surface area contributed by atoms with Gasteiger partial charge < -0.3 is 0 Å². The van der Waals surface area contributed by atoms with E-state index in [1.54, 1.807) is 18.9 Å². The van der Waals surface area contributed by atoms with Gasteiger partial charge in [-0.25, -0.2) is 0 Å². The summed E-state index contributed by atoms with van der Waals surface area (Å²) in [6, 6.07) is 11.7. The van der Waals surface area contributed by atoms with Crippen LogP contribution in [0.4, 0.5) is 0 Å². The predicted octanol–water partition coefficient (Wildman–Crippen LogP) is 11.3. The maximum atomic E-state index is 2.44. The van der Waals surface area contributed by atoms with Crippen LogP contribution in [-0.4, -0.2) is 18.4 Å². The summed E-state index contributed by atoms with van der Waals surface area (Å²) in [5.41, 5.74) is 1.67. The van der Waals surface area contributed by atoms with Crippen LogP contribution in [0.25, 0.3) is 0 Å². The summed E-state index contributed by atoms with van der Waals surface area (Å²) in [7, 11) is 0. The molecule has 0 unspecified atom stereocenters. The molecule has 0 fully saturated rings. The molecule has 0 aliphatic heterocycles. The van der Waals surface area contributed by atoms with Crippen LogP contribution in [0.3, 0.4) is 0 Å². The molecule has 186 valence electrons. The van der Waals surface area contributed by atoms with Gasteiger partial charge in [0.2, 0.25) is 0 Å². The molecule has 0 heterocycles. The average molecular weight is 550 g/mol. The van der Waals surface area contributed by atoms with Crippen LogP contribution in [-0.2, 0) is 4.44 Å². The quantitative estimate of drug-likeness (QED) is 0.0941. The second-order valence-corrected chi connectivity index (χ2v) is 24.6. The maximum absolute atomic E-state index is 2.44. The van der Waals surface area contributed by atoms with Crippen molar-refractivity contribution in [1.82, 2.24) is 0 Å². The van der Waals surface area contributed by atoms with Crippen molar-refractivity contribution in [3.8, 4) is 0 Å². The summed E-state index contributed by atoms with van der Waals surface area (Å²) in [4.78, 5) is 0. The van der Waals surface area contributed by atoms with E-state index in [4.69, 9.17) is 0 Å². The first-order valence-corrected chi connectivity index (χ1v) is 22.9. The van der Waals surface area contributed by atoms with Crippen molar-refractivity contribution in [3.63, 3.8) is 0 Å². The van der Waals surface area contributed by atoms with Gasteiger partial charge in [-0.2, -0.15) is 0 Å². The first-order chi connectivity index (χ1) is 15.8. The Labute approximate surface area is 207 Å². The Hall–Kier alpha value is 0.0187. The molecular weight excluding hydrogens is 491 g/mol. The molecule has 0 N–H and O–H groups in total. The van der Waals surface area contributed by atoms with Gasteiger partial charge in [-0.15, -0.1) is 0 Å². The Morgan fingerprint density at radius 3 is 1.16 bits per heavy atom. The van der Waals surface area contributed by atoms with Gasteiger partial charge >= 0.3 is 208 Å². The molecule has 0 saturated heterocycles. The molecule has 0 aromatic heterocycles. The fourth-order valence-corrected chi connectivity index (χ4v) is 20.9. The van der Waals surface area contributed by atoms with Crippen LogP contribution in [0.15, 0.2) is 30.3 Å². The molecule has 1 aromatic carbocycles. The monoisotopic (exact) mass is 550 g/mol. The first-order valence-electron chi connectivity index (χ1n) is 14.8. The molecule has 0 aliphatic carbocycles. The van der Waals surface area contributed by atoms with Crippen LogP contribution >= 0.6 is 0 Å². The third kappa shape index (κ3) is 15.8. The summed E-state index contributed by atoms with van der Waals surface area (Å²) in [5.74, 6) is 0. The molecule has 1 aromatic rings. The molecule has 0 atom stereocenters. The SMILES string of the molecule is CCCCCCC[CH2][Sn]([CH2]CCCCCCC)([CH2]CCCCCCC)[CH2]c1ccccc1. The van der Waals surface area contributed by atoms with Gasteiger partial charge in [-0.1, -0.05) is 0 Å². The molecule has 0 saturated carbocycles. The summed E-state index contributed by atoms with van der Waals surface area (Å²) in [6.07, 6.45) is 26.4. The van der Waals surface area contributed by atoms with E-state index in [1.807, 2.05) is 0 Å². The molecule has 1 heteroatoms. The standard InChI is InChI=1S/3C8H17.C7H7.Sn/c3*1-3-5-7-8-6-4-2;1-7-5-3-2-4-6-7;/h3*1,3-8H2,2H3;2-6H,1H2;. The van der Waals surface area contributed by atoms with E-state index < -0.39 is 18.4 Å². The summed E-state index contributed by atoms with van der Waals surface area (Å²) in [5, 5.41) is 0. The van der Waals surface area contributed by atoms with E-state index >= 15 is 0 Å². The van der Waals surface area contributed by atoms with Crippen LogP contribution in [0.2, 0.25) is 13.3 Å². The number of unbranched alkanes of at least 4 members (excludes halogenated alkanes) is 15. The van der Waals surface area contributed by atoms with Gasteiger partial charge in [-0.05, 0) is 0 Å². The van der Waals surface area contributed by atoms with E-state index in [9.17, 15) is 0 Å². The second-order valence-electron chi connectivity index (χ2n) is 10.7. The number of benzene rings is 1. The fraction of sp³-hybridized carbons (Fsp3) is 0.806. The molecule has 0 amide bonds. The van der Waals surface area contributed by atoms with Gasteiger partial charge in [0.1, 0.15) is 0 Å². The molecule has 0 spiro atoms. The average Bonchev–Trinajstić information content (AvgIpc) is 2.81. The van der Waals surface area contributed by atoms with Crippen molar-refractivity contribution in [2.24, 2.45) is 0 Å². The zero-order valence-electron chi connectivity index (χ0n) is 22.4. The van der Waals surface area contributed by atoms with E-state index in [0.717, 1.165) is 0 Å². The van der Waals surface area contributed by atoms with Gasteiger partial charge in [0, 0.05) is 0 Å². The third-order valence-corrected chi connectivity index (χ3v) is 23.0. The predicted molar refractivity (Wildman–Crippen MR) is 150 cm³/mol. The van der Waals surface area contributed by atoms with Gasteiger partial charge in [0.05, 0.1) is 0 Å². The van der Waals surface area contributed by atoms with Crippen molar-refractivity contribution < 1.29 is 0 Å². The van der Waals surface area contributed by atoms with Gasteiger partial charge in [-0.3, -0.25) is 0 Å². The minimum absolute atomic E-state index is 1.37. The van der Waals surface area contributed by atoms with Crippen molar-refractivity contribution in [2.45, 2.75) is 154 Å². The zero-order valence-corrected chi connectivity index (χ0v) is 25.3. The van der Waals surface area contributed by atoms with Crippen LogP contribution in [0, 0.1) is 0 Å². The van der Waals surface area contributed by atoms with Crippen molar-refractivity contribution >= 4 is 18.4 Å². The topological polar surface area (TPSA) is 0 Å². The number of hydrogen-bond acceptors (Lipinski definition) is 0. The minimum atomic E-state index is -2.16. The number of rotatable bonds is 23. The molecule has 0 aliphatic rings. The molecule has 0 bridgehead atoms. The summed E-state index contributed by atoms with van der Waals surface area (Å²) < 4.78 is 6.52. The van der Waals surface area contributed by atoms with Crippen molar-refractivity contribution in [1.29, 1.82) is 0 Å². The Bertz CT molecular complexity index is 454. The number of hydrogen-bond donors (Lipinski definition) is 0. The zero-order chi connectivity index (χ0) is 23.2. The second kappa shape index (κ2) is 21.5. The Kier molecular flexibility index (Phi) is 20.2. The van der Waals surface area contributed by atoms with Crippen LogP contribution in [0.5, 0.6) is 0 Å². The fourth-order valence-electron chi connectivity index (χ4n) is 5.51.